The molecule has 6 rings (SSSR count). The molecule has 0 spiro atoms. The third-order valence-corrected chi connectivity index (χ3v) is 8.05. The van der Waals surface area contributed by atoms with Gasteiger partial charge in [-0.05, 0) is 67.5 Å². The van der Waals surface area contributed by atoms with Crippen molar-refractivity contribution in [3.05, 3.63) is 101 Å². The third-order valence-electron chi connectivity index (χ3n) is 8.05. The molecule has 8 nitrogen and oxygen atoms in total. The van der Waals surface area contributed by atoms with Gasteiger partial charge in [0.05, 0.1) is 5.56 Å². The highest BCUT2D eigenvalue weighted by molar-refractivity contribution is 5.85. The van der Waals surface area contributed by atoms with Crippen molar-refractivity contribution < 1.29 is 28.2 Å². The number of carboxylic acid groups (broad SMARTS) is 1. The number of aromatic nitrogens is 3. The molecule has 2 aromatic heterocycles. The number of carboxylic acids is 1. The van der Waals surface area contributed by atoms with Crippen LogP contribution < -0.4 is 10.1 Å². The molecular formula is C34H32F2N4O4. The van der Waals surface area contributed by atoms with Gasteiger partial charge in [0.25, 0.3) is 0 Å². The van der Waals surface area contributed by atoms with Gasteiger partial charge in [0.1, 0.15) is 17.4 Å². The molecule has 44 heavy (non-hydrogen) atoms. The number of halogens is 2. The van der Waals surface area contributed by atoms with E-state index in [4.69, 9.17) is 9.84 Å². The molecule has 0 fully saturated rings. The lowest BCUT2D eigenvalue weighted by atomic mass is 9.89. The first-order chi connectivity index (χ1) is 21.4. The quantitative estimate of drug-likeness (QED) is 0.177. The molecule has 1 atom stereocenters. The average Bonchev–Trinajstić information content (AvgIpc) is 3.68. The van der Waals surface area contributed by atoms with Crippen molar-refractivity contribution in [3.63, 3.8) is 0 Å². The number of hydrogen-bond donors (Lipinski definition) is 4. The van der Waals surface area contributed by atoms with Crippen LogP contribution in [0.4, 0.5) is 8.78 Å². The summed E-state index contributed by atoms with van der Waals surface area (Å²) in [5.74, 6) is -1.60. The van der Waals surface area contributed by atoms with Crippen LogP contribution in [0.3, 0.4) is 0 Å². The average molecular weight is 599 g/mol. The Hall–Kier alpha value is -4.99. The van der Waals surface area contributed by atoms with Crippen LogP contribution in [0.1, 0.15) is 60.4 Å². The van der Waals surface area contributed by atoms with Crippen LogP contribution in [-0.2, 0) is 22.4 Å². The second kappa shape index (κ2) is 12.7. The number of rotatable bonds is 4. The molecule has 0 aliphatic carbocycles. The highest BCUT2D eigenvalue weighted by Gasteiger charge is 2.22. The number of aryl methyl sites for hydroxylation is 2. The second-order valence-electron chi connectivity index (χ2n) is 11.1. The van der Waals surface area contributed by atoms with Gasteiger partial charge >= 0.3 is 5.97 Å². The van der Waals surface area contributed by atoms with Gasteiger partial charge < -0.3 is 25.1 Å². The number of ether oxygens (including phenoxy) is 1. The fourth-order valence-electron chi connectivity index (χ4n) is 5.87. The number of fused-ring (bicyclic) bond motifs is 8. The minimum Gasteiger partial charge on any atom is -0.481 e. The summed E-state index contributed by atoms with van der Waals surface area (Å²) in [5.41, 5.74) is 4.04. The zero-order chi connectivity index (χ0) is 30.6. The largest absolute Gasteiger partial charge is 0.481 e. The number of aliphatic carboxylic acids is 1. The Balaban J connectivity index is 1.39. The predicted octanol–water partition coefficient (Wildman–Crippen LogP) is 7.01. The normalized spacial score (nSPS) is 16.0. The van der Waals surface area contributed by atoms with Crippen LogP contribution in [0.15, 0.2) is 67.0 Å². The molecule has 1 unspecified atom stereocenters. The molecule has 0 saturated carbocycles. The zero-order valence-electron chi connectivity index (χ0n) is 24.0. The Morgan fingerprint density at radius 2 is 1.93 bits per heavy atom. The van der Waals surface area contributed by atoms with Crippen molar-refractivity contribution in [1.82, 2.24) is 20.3 Å². The first kappa shape index (κ1) is 29.1. The molecule has 10 heteroatoms. The van der Waals surface area contributed by atoms with Gasteiger partial charge in [-0.3, -0.25) is 9.59 Å². The zero-order valence-corrected chi connectivity index (χ0v) is 24.0. The first-order valence-corrected chi connectivity index (χ1v) is 14.7. The number of nitrogens with one attached hydrogen (secondary N) is 3. The Morgan fingerprint density at radius 1 is 1.05 bits per heavy atom. The number of carbonyl (C=O) groups excluding carboxylic acids is 1. The van der Waals surface area contributed by atoms with Gasteiger partial charge in [-0.2, -0.15) is 0 Å². The molecule has 3 aromatic carbocycles. The smallest absolute Gasteiger partial charge is 0.303 e. The van der Waals surface area contributed by atoms with Crippen LogP contribution in [0.2, 0.25) is 0 Å². The lowest BCUT2D eigenvalue weighted by Crippen LogP contribution is -2.24. The molecule has 1 amide bonds. The molecule has 1 aliphatic rings. The maximum absolute atomic E-state index is 15.4. The van der Waals surface area contributed by atoms with Gasteiger partial charge in [0, 0.05) is 65.9 Å². The van der Waals surface area contributed by atoms with Gasteiger partial charge in [-0.15, -0.1) is 0 Å². The van der Waals surface area contributed by atoms with E-state index < -0.39 is 17.6 Å². The van der Waals surface area contributed by atoms with Crippen molar-refractivity contribution >= 4 is 22.8 Å². The number of nitrogens with zero attached hydrogens (tertiary/aromatic N) is 1. The molecule has 5 aromatic rings. The van der Waals surface area contributed by atoms with Crippen molar-refractivity contribution in [2.24, 2.45) is 0 Å². The number of aromatic amines is 2. The number of hydrogen-bond acceptors (Lipinski definition) is 4. The van der Waals surface area contributed by atoms with E-state index in [1.54, 1.807) is 12.4 Å². The van der Waals surface area contributed by atoms with Gasteiger partial charge in [0.2, 0.25) is 5.91 Å². The summed E-state index contributed by atoms with van der Waals surface area (Å²) in [5, 5.41) is 12.9. The van der Waals surface area contributed by atoms with Crippen LogP contribution in [0.5, 0.6) is 11.5 Å². The Morgan fingerprint density at radius 3 is 2.80 bits per heavy atom. The van der Waals surface area contributed by atoms with Crippen molar-refractivity contribution in [1.29, 1.82) is 0 Å². The standard InChI is InChI=1S/C34H32F2N4O4/c35-27-11-10-22-17-26(27)34-39-19-30(40-34)23(21-5-1-4-20(16-21)9-12-32(42)43)6-2-8-31(41)38-14-3-7-25-24-13-15-37-29(24)18-28(36)33(25)44-22/h1,4-5,10-11,13,15-19,23,37H,2-3,6-9,12,14H2,(H,38,41)(H,39,40)(H,42,43). The summed E-state index contributed by atoms with van der Waals surface area (Å²) >= 11 is 0. The number of amides is 1. The van der Waals surface area contributed by atoms with E-state index in [2.05, 4.69) is 20.3 Å². The number of carbonyl (C=O) groups is 2. The number of H-pyrrole nitrogens is 2. The molecule has 1 aliphatic heterocycles. The van der Waals surface area contributed by atoms with Gasteiger partial charge in [0.15, 0.2) is 11.6 Å². The van der Waals surface area contributed by atoms with Crippen LogP contribution in [0.25, 0.3) is 22.3 Å². The minimum absolute atomic E-state index is 0.0185. The molecular weight excluding hydrogens is 566 g/mol. The molecule has 3 heterocycles. The van der Waals surface area contributed by atoms with E-state index in [0.717, 1.165) is 22.2 Å². The van der Waals surface area contributed by atoms with E-state index in [0.29, 0.717) is 56.1 Å². The Labute approximate surface area is 252 Å². The van der Waals surface area contributed by atoms with Crippen molar-refractivity contribution in [2.75, 3.05) is 6.54 Å². The number of imidazole rings is 1. The van der Waals surface area contributed by atoms with Crippen molar-refractivity contribution in [3.8, 4) is 22.9 Å². The SMILES string of the molecule is O=C(O)CCc1cccc(C2CCCC(=O)NCCCc3c(c(F)cc4[nH]ccc34)Oc3ccc(F)c(c3)-c3ncc2[nH]3)c1. The van der Waals surface area contributed by atoms with E-state index in [1.807, 2.05) is 30.3 Å². The summed E-state index contributed by atoms with van der Waals surface area (Å²) in [7, 11) is 0. The molecule has 0 radical (unpaired) electrons. The van der Waals surface area contributed by atoms with Crippen LogP contribution in [-0.4, -0.2) is 38.5 Å². The lowest BCUT2D eigenvalue weighted by Gasteiger charge is -2.18. The monoisotopic (exact) mass is 598 g/mol. The Bertz CT molecular complexity index is 1830. The molecule has 0 saturated heterocycles. The summed E-state index contributed by atoms with van der Waals surface area (Å²) < 4.78 is 36.7. The summed E-state index contributed by atoms with van der Waals surface area (Å²) in [6.45, 7) is 0.417. The summed E-state index contributed by atoms with van der Waals surface area (Å²) in [6.07, 6.45) is 6.33. The topological polar surface area (TPSA) is 120 Å². The van der Waals surface area contributed by atoms with Gasteiger partial charge in [-0.1, -0.05) is 24.3 Å². The van der Waals surface area contributed by atoms with Crippen molar-refractivity contribution in [2.45, 2.75) is 50.9 Å². The van der Waals surface area contributed by atoms with E-state index in [-0.39, 0.29) is 41.1 Å². The minimum atomic E-state index is -0.868. The first-order valence-electron chi connectivity index (χ1n) is 14.7. The van der Waals surface area contributed by atoms with Crippen LogP contribution >= 0.6 is 0 Å². The lowest BCUT2D eigenvalue weighted by molar-refractivity contribution is -0.137. The highest BCUT2D eigenvalue weighted by Crippen LogP contribution is 2.37. The van der Waals surface area contributed by atoms with Crippen LogP contribution in [0, 0.1) is 11.6 Å². The fraction of sp³-hybridized carbons (Fsp3) is 0.265. The highest BCUT2D eigenvalue weighted by atomic mass is 19.1. The Kier molecular flexibility index (Phi) is 8.40. The molecule has 4 N–H and O–H groups in total. The molecule has 226 valence electrons. The third kappa shape index (κ3) is 6.34. The molecule has 4 bridgehead atoms. The maximum Gasteiger partial charge on any atom is 0.303 e. The van der Waals surface area contributed by atoms with E-state index in [9.17, 15) is 9.59 Å². The van der Waals surface area contributed by atoms with E-state index >= 15 is 8.78 Å². The van der Waals surface area contributed by atoms with E-state index in [1.165, 1.54) is 24.3 Å². The fourth-order valence-corrected chi connectivity index (χ4v) is 5.87. The summed E-state index contributed by atoms with van der Waals surface area (Å²) in [6, 6.07) is 15.2. The summed E-state index contributed by atoms with van der Waals surface area (Å²) in [4.78, 5) is 34.7. The maximum atomic E-state index is 15.4. The predicted molar refractivity (Wildman–Crippen MR) is 162 cm³/mol. The van der Waals surface area contributed by atoms with Gasteiger partial charge in [-0.25, -0.2) is 13.8 Å². The number of benzene rings is 3. The second-order valence-corrected chi connectivity index (χ2v) is 11.1.